The van der Waals surface area contributed by atoms with E-state index in [0.717, 1.165) is 32.1 Å². The Bertz CT molecular complexity index is 465. The SMILES string of the molecule is CCc1cc(NC(C)CC)c(CC)c(NC(C)CC)c1CC. The van der Waals surface area contributed by atoms with Gasteiger partial charge < -0.3 is 10.6 Å². The molecule has 0 aliphatic heterocycles. The summed E-state index contributed by atoms with van der Waals surface area (Å²) in [5.74, 6) is 0. The van der Waals surface area contributed by atoms with Gasteiger partial charge in [0.15, 0.2) is 0 Å². The van der Waals surface area contributed by atoms with E-state index in [1.807, 2.05) is 0 Å². The molecule has 1 aromatic carbocycles. The zero-order valence-electron chi connectivity index (χ0n) is 15.8. The predicted molar refractivity (Wildman–Crippen MR) is 101 cm³/mol. The lowest BCUT2D eigenvalue weighted by Crippen LogP contribution is -2.20. The molecule has 2 atom stereocenters. The topological polar surface area (TPSA) is 24.1 Å². The van der Waals surface area contributed by atoms with E-state index < -0.39 is 0 Å². The minimum absolute atomic E-state index is 0.513. The van der Waals surface area contributed by atoms with Crippen LogP contribution in [0.1, 0.15) is 78.0 Å². The van der Waals surface area contributed by atoms with E-state index >= 15 is 0 Å². The molecule has 1 aromatic rings. The Kier molecular flexibility index (Phi) is 7.78. The molecule has 0 spiro atoms. The Morgan fingerprint density at radius 3 is 1.77 bits per heavy atom. The number of benzene rings is 1. The van der Waals surface area contributed by atoms with Crippen molar-refractivity contribution in [3.05, 3.63) is 22.8 Å². The van der Waals surface area contributed by atoms with E-state index in [0.29, 0.717) is 12.1 Å². The van der Waals surface area contributed by atoms with Crippen LogP contribution in [0.25, 0.3) is 0 Å². The highest BCUT2D eigenvalue weighted by Crippen LogP contribution is 2.34. The predicted octanol–water partition coefficient (Wildman–Crippen LogP) is 5.79. The van der Waals surface area contributed by atoms with Gasteiger partial charge in [0.05, 0.1) is 0 Å². The molecule has 0 radical (unpaired) electrons. The number of aryl methyl sites for hydroxylation is 1. The van der Waals surface area contributed by atoms with Gasteiger partial charge in [-0.05, 0) is 68.7 Å². The molecular weight excluding hydrogens is 268 g/mol. The van der Waals surface area contributed by atoms with Gasteiger partial charge in [-0.1, -0.05) is 34.6 Å². The van der Waals surface area contributed by atoms with Gasteiger partial charge in [-0.25, -0.2) is 0 Å². The summed E-state index contributed by atoms with van der Waals surface area (Å²) < 4.78 is 0. The molecule has 0 heterocycles. The first-order valence-corrected chi connectivity index (χ1v) is 9.22. The quantitative estimate of drug-likeness (QED) is 0.603. The van der Waals surface area contributed by atoms with E-state index in [1.54, 1.807) is 0 Å². The van der Waals surface area contributed by atoms with E-state index in [2.05, 4.69) is 65.2 Å². The van der Waals surface area contributed by atoms with Gasteiger partial charge in [0, 0.05) is 23.5 Å². The first-order valence-electron chi connectivity index (χ1n) is 9.22. The zero-order chi connectivity index (χ0) is 16.7. The van der Waals surface area contributed by atoms with Crippen LogP contribution in [0.2, 0.25) is 0 Å². The van der Waals surface area contributed by atoms with Crippen LogP contribution < -0.4 is 10.6 Å². The summed E-state index contributed by atoms with van der Waals surface area (Å²) in [5, 5.41) is 7.53. The maximum Gasteiger partial charge on any atom is 0.0430 e. The van der Waals surface area contributed by atoms with Crippen LogP contribution in [0.5, 0.6) is 0 Å². The van der Waals surface area contributed by atoms with E-state index in [-0.39, 0.29) is 0 Å². The van der Waals surface area contributed by atoms with Crippen LogP contribution in [0, 0.1) is 0 Å². The second-order valence-corrected chi connectivity index (χ2v) is 6.38. The van der Waals surface area contributed by atoms with Crippen molar-refractivity contribution in [1.82, 2.24) is 0 Å². The van der Waals surface area contributed by atoms with Crippen LogP contribution in [0.3, 0.4) is 0 Å². The third kappa shape index (κ3) is 4.41. The zero-order valence-corrected chi connectivity index (χ0v) is 15.8. The molecule has 0 amide bonds. The van der Waals surface area contributed by atoms with Crippen molar-refractivity contribution in [2.24, 2.45) is 0 Å². The third-order valence-corrected chi connectivity index (χ3v) is 4.74. The third-order valence-electron chi connectivity index (χ3n) is 4.74. The first kappa shape index (κ1) is 18.9. The van der Waals surface area contributed by atoms with Crippen molar-refractivity contribution >= 4 is 11.4 Å². The van der Waals surface area contributed by atoms with Gasteiger partial charge in [-0.15, -0.1) is 0 Å². The smallest absolute Gasteiger partial charge is 0.0430 e. The molecule has 2 heteroatoms. The highest BCUT2D eigenvalue weighted by atomic mass is 14.9. The number of nitrogens with one attached hydrogen (secondary N) is 2. The van der Waals surface area contributed by atoms with Crippen LogP contribution >= 0.6 is 0 Å². The lowest BCUT2D eigenvalue weighted by atomic mass is 9.93. The van der Waals surface area contributed by atoms with Crippen molar-refractivity contribution in [3.63, 3.8) is 0 Å². The molecule has 0 aliphatic carbocycles. The molecule has 1 rings (SSSR count). The standard InChI is InChI=1S/C20H36N2/c1-8-14(6)21-19-13-16(10-3)17(11-4)20(18(19)12-5)22-15(7)9-2/h13-15,21-22H,8-12H2,1-7H3. The summed E-state index contributed by atoms with van der Waals surface area (Å²) in [5.41, 5.74) is 7.17. The lowest BCUT2D eigenvalue weighted by molar-refractivity contribution is 0.753. The molecule has 22 heavy (non-hydrogen) atoms. The maximum absolute atomic E-state index is 3.80. The summed E-state index contributed by atoms with van der Waals surface area (Å²) >= 11 is 0. The fraction of sp³-hybridized carbons (Fsp3) is 0.700. The molecule has 0 bridgehead atoms. The number of rotatable bonds is 9. The van der Waals surface area contributed by atoms with E-state index in [4.69, 9.17) is 0 Å². The van der Waals surface area contributed by atoms with Crippen molar-refractivity contribution in [2.75, 3.05) is 10.6 Å². The second-order valence-electron chi connectivity index (χ2n) is 6.38. The van der Waals surface area contributed by atoms with Crippen molar-refractivity contribution in [2.45, 2.75) is 92.7 Å². The van der Waals surface area contributed by atoms with Gasteiger partial charge in [0.1, 0.15) is 0 Å². The Labute approximate surface area is 138 Å². The van der Waals surface area contributed by atoms with Crippen LogP contribution in [-0.4, -0.2) is 12.1 Å². The fourth-order valence-electron chi connectivity index (χ4n) is 2.93. The lowest BCUT2D eigenvalue weighted by Gasteiger charge is -2.26. The van der Waals surface area contributed by atoms with Gasteiger partial charge in [-0.2, -0.15) is 0 Å². The maximum atomic E-state index is 3.80. The molecule has 0 saturated carbocycles. The Balaban J connectivity index is 3.42. The molecule has 0 saturated heterocycles. The monoisotopic (exact) mass is 304 g/mol. The molecule has 0 aliphatic rings. The molecule has 0 aromatic heterocycles. The van der Waals surface area contributed by atoms with Gasteiger partial charge in [0.2, 0.25) is 0 Å². The van der Waals surface area contributed by atoms with Gasteiger partial charge in [0.25, 0.3) is 0 Å². The first-order chi connectivity index (χ1) is 10.5. The minimum atomic E-state index is 0.513. The Morgan fingerprint density at radius 1 is 0.773 bits per heavy atom. The summed E-state index contributed by atoms with van der Waals surface area (Å²) in [6.45, 7) is 15.8. The Morgan fingerprint density at radius 2 is 1.32 bits per heavy atom. The minimum Gasteiger partial charge on any atom is -0.382 e. The van der Waals surface area contributed by atoms with Gasteiger partial charge in [-0.3, -0.25) is 0 Å². The van der Waals surface area contributed by atoms with Crippen LogP contribution in [0.4, 0.5) is 11.4 Å². The van der Waals surface area contributed by atoms with Crippen molar-refractivity contribution < 1.29 is 0 Å². The molecular formula is C20H36N2. The van der Waals surface area contributed by atoms with E-state index in [9.17, 15) is 0 Å². The second kappa shape index (κ2) is 9.07. The highest BCUT2D eigenvalue weighted by Gasteiger charge is 2.17. The Hall–Kier alpha value is -1.18. The largest absolute Gasteiger partial charge is 0.382 e. The average molecular weight is 305 g/mol. The summed E-state index contributed by atoms with van der Waals surface area (Å²) in [7, 11) is 0. The summed E-state index contributed by atoms with van der Waals surface area (Å²) in [6.07, 6.45) is 5.55. The molecule has 2 nitrogen and oxygen atoms in total. The van der Waals surface area contributed by atoms with Crippen molar-refractivity contribution in [1.29, 1.82) is 0 Å². The summed E-state index contributed by atoms with van der Waals surface area (Å²) in [6, 6.07) is 3.42. The number of hydrogen-bond donors (Lipinski definition) is 2. The summed E-state index contributed by atoms with van der Waals surface area (Å²) in [4.78, 5) is 0. The fourth-order valence-corrected chi connectivity index (χ4v) is 2.93. The average Bonchev–Trinajstić information content (AvgIpc) is 2.53. The van der Waals surface area contributed by atoms with Crippen molar-refractivity contribution in [3.8, 4) is 0 Å². The number of hydrogen-bond acceptors (Lipinski definition) is 2. The van der Waals surface area contributed by atoms with Crippen LogP contribution in [0.15, 0.2) is 6.07 Å². The number of anilines is 2. The molecule has 0 fully saturated rings. The highest BCUT2D eigenvalue weighted by molar-refractivity contribution is 5.72. The van der Waals surface area contributed by atoms with Gasteiger partial charge >= 0.3 is 0 Å². The normalized spacial score (nSPS) is 13.8. The molecule has 2 N–H and O–H groups in total. The van der Waals surface area contributed by atoms with E-state index in [1.165, 1.54) is 28.1 Å². The molecule has 2 unspecified atom stereocenters. The van der Waals surface area contributed by atoms with Crippen LogP contribution in [-0.2, 0) is 19.3 Å². The molecule has 126 valence electrons.